The minimum Gasteiger partial charge on any atom is -0.481 e. The number of aliphatic carboxylic acids is 1. The van der Waals surface area contributed by atoms with Crippen molar-refractivity contribution in [3.05, 3.63) is 72.9 Å². The number of cyclic esters (lactones) is 1. The molecule has 20 atom stereocenters. The summed E-state index contributed by atoms with van der Waals surface area (Å²) in [6, 6.07) is -2.34. The van der Waals surface area contributed by atoms with Crippen molar-refractivity contribution in [3.63, 3.8) is 0 Å². The Hall–Kier alpha value is -4.08. The van der Waals surface area contributed by atoms with Crippen LogP contribution in [0.3, 0.4) is 0 Å². The number of amides is 2. The number of aliphatic hydroxyl groups is 10. The summed E-state index contributed by atoms with van der Waals surface area (Å²) in [5.74, 6) is -8.03. The molecule has 3 saturated heterocycles. The molecule has 0 saturated carbocycles. The highest BCUT2D eigenvalue weighted by Crippen LogP contribution is 2.38. The van der Waals surface area contributed by atoms with Crippen molar-refractivity contribution in [3.8, 4) is 0 Å². The second-order valence-corrected chi connectivity index (χ2v) is 21.4. The van der Waals surface area contributed by atoms with Crippen LogP contribution in [0.15, 0.2) is 72.9 Å². The van der Waals surface area contributed by atoms with E-state index >= 15 is 0 Å². The number of allylic oxidation sites excluding steroid dienone is 10. The number of fused-ring (bicyclic) bond motifs is 2. The first-order valence-electron chi connectivity index (χ1n) is 26.8. The molecule has 12 N–H and O–H groups in total. The van der Waals surface area contributed by atoms with Gasteiger partial charge in [0.05, 0.1) is 92.1 Å². The number of carboxylic acids is 1. The third-order valence-corrected chi connectivity index (χ3v) is 14.6. The molecule has 0 aliphatic carbocycles. The Morgan fingerprint density at radius 2 is 1.34 bits per heavy atom. The first-order chi connectivity index (χ1) is 36.3. The number of likely N-dealkylation sites (N-methyl/N-ethyl adjacent to an activating group) is 1. The Kier molecular flexibility index (Phi) is 26.9. The van der Waals surface area contributed by atoms with Gasteiger partial charge in [-0.05, 0) is 66.5 Å². The van der Waals surface area contributed by atoms with E-state index in [9.17, 15) is 75.3 Å². The van der Waals surface area contributed by atoms with E-state index in [1.54, 1.807) is 58.3 Å². The van der Waals surface area contributed by atoms with Crippen molar-refractivity contribution in [1.82, 2.24) is 15.1 Å². The molecule has 4 rings (SSSR count). The lowest BCUT2D eigenvalue weighted by molar-refractivity contribution is -0.310. The fourth-order valence-electron chi connectivity index (χ4n) is 9.86. The molecular formula is C55H87N3O19. The molecule has 0 aromatic carbocycles. The number of hydrogen-bond acceptors (Lipinski definition) is 20. The molecule has 0 aromatic rings. The van der Waals surface area contributed by atoms with Crippen molar-refractivity contribution in [2.45, 2.75) is 202 Å². The Morgan fingerprint density at radius 3 is 2.00 bits per heavy atom. The van der Waals surface area contributed by atoms with Crippen molar-refractivity contribution in [2.24, 2.45) is 17.8 Å². The Bertz CT molecular complexity index is 2050. The molecule has 22 heteroatoms. The molecule has 77 heavy (non-hydrogen) atoms. The number of nitrogens with zero attached hydrogens (tertiary/aromatic N) is 2. The summed E-state index contributed by atoms with van der Waals surface area (Å²) in [6.07, 6.45) is 0.293. The summed E-state index contributed by atoms with van der Waals surface area (Å²) in [6.45, 7) is 7.28. The third kappa shape index (κ3) is 20.8. The number of carbonyl (C=O) groups excluding carboxylic acids is 3. The lowest BCUT2D eigenvalue weighted by Gasteiger charge is -2.46. The molecular weight excluding hydrogens is 1010 g/mol. The first-order valence-corrected chi connectivity index (χ1v) is 26.8. The molecule has 4 heterocycles. The van der Waals surface area contributed by atoms with Crippen LogP contribution in [0.4, 0.5) is 0 Å². The zero-order valence-corrected chi connectivity index (χ0v) is 45.2. The predicted molar refractivity (Wildman–Crippen MR) is 280 cm³/mol. The van der Waals surface area contributed by atoms with Crippen LogP contribution in [0.25, 0.3) is 0 Å². The number of aliphatic hydroxyl groups excluding tert-OH is 9. The van der Waals surface area contributed by atoms with Gasteiger partial charge in [0.15, 0.2) is 12.1 Å². The molecule has 2 amide bonds. The van der Waals surface area contributed by atoms with E-state index in [4.69, 9.17) is 18.9 Å². The van der Waals surface area contributed by atoms with Crippen molar-refractivity contribution >= 4 is 23.8 Å². The predicted octanol–water partition coefficient (Wildman–Crippen LogP) is 0.256. The fraction of sp³-hybridized carbons (Fsp3) is 0.709. The maximum atomic E-state index is 13.3. The molecule has 3 fully saturated rings. The summed E-state index contributed by atoms with van der Waals surface area (Å²) in [7, 11) is 3.59. The maximum absolute atomic E-state index is 13.3. The topological polar surface area (TPSA) is 346 Å². The molecule has 1 unspecified atom stereocenters. The van der Waals surface area contributed by atoms with E-state index in [1.165, 1.54) is 13.0 Å². The Labute approximate surface area is 451 Å². The lowest BCUT2D eigenvalue weighted by Crippen LogP contribution is -2.65. The van der Waals surface area contributed by atoms with E-state index in [2.05, 4.69) is 5.32 Å². The zero-order valence-electron chi connectivity index (χ0n) is 45.2. The van der Waals surface area contributed by atoms with Crippen LogP contribution < -0.4 is 5.32 Å². The van der Waals surface area contributed by atoms with Gasteiger partial charge in [0.25, 0.3) is 0 Å². The highest BCUT2D eigenvalue weighted by Gasteiger charge is 2.52. The molecule has 4 aliphatic rings. The average molecular weight is 1090 g/mol. The number of rotatable bonds is 8. The summed E-state index contributed by atoms with van der Waals surface area (Å²) in [4.78, 5) is 54.6. The average Bonchev–Trinajstić information content (AvgIpc) is 3.61. The van der Waals surface area contributed by atoms with E-state index in [1.807, 2.05) is 48.3 Å². The van der Waals surface area contributed by atoms with Gasteiger partial charge in [0.1, 0.15) is 18.1 Å². The van der Waals surface area contributed by atoms with E-state index in [0.717, 1.165) is 17.7 Å². The summed E-state index contributed by atoms with van der Waals surface area (Å²) >= 11 is 0. The number of hydrogen-bond donors (Lipinski definition) is 12. The molecule has 436 valence electrons. The second kappa shape index (κ2) is 31.6. The fourth-order valence-corrected chi connectivity index (χ4v) is 9.86. The molecule has 0 spiro atoms. The third-order valence-electron chi connectivity index (χ3n) is 14.6. The number of ether oxygens (including phenoxy) is 4. The normalized spacial score (nSPS) is 42.2. The largest absolute Gasteiger partial charge is 0.481 e. The van der Waals surface area contributed by atoms with Crippen LogP contribution in [0.2, 0.25) is 0 Å². The van der Waals surface area contributed by atoms with Gasteiger partial charge in [-0.3, -0.25) is 29.4 Å². The number of carbonyl (C=O) groups is 4. The molecule has 4 aliphatic heterocycles. The second-order valence-electron chi connectivity index (χ2n) is 21.4. The van der Waals surface area contributed by atoms with Crippen LogP contribution in [0.1, 0.15) is 98.3 Å². The first kappa shape index (κ1) is 65.4. The number of esters is 1. The van der Waals surface area contributed by atoms with Gasteiger partial charge in [-0.1, -0.05) is 86.8 Å². The lowest BCUT2D eigenvalue weighted by atomic mass is 9.82. The number of likely N-dealkylation sites (tertiary alicyclic amines) is 1. The van der Waals surface area contributed by atoms with Crippen LogP contribution in [0, 0.1) is 17.8 Å². The van der Waals surface area contributed by atoms with E-state index in [-0.39, 0.29) is 44.6 Å². The van der Waals surface area contributed by atoms with Gasteiger partial charge >= 0.3 is 11.9 Å². The van der Waals surface area contributed by atoms with E-state index in [0.29, 0.717) is 6.54 Å². The summed E-state index contributed by atoms with van der Waals surface area (Å²) in [5, 5.41) is 124. The minimum absolute atomic E-state index is 0.137. The standard InChI is InChI=1S/C55H87N3O19/c1-32-19-17-15-13-11-9-7-8-10-12-14-16-18-20-39(76-54-51(69)48(50(68)35(4)75-54)56-40-29-45(65)58(52(40)70)24-23-57(5)6)28-44-47(53(71)72)43(64)31-55(73,77-44)30-42(63)41(62)22-21-36(59)25-37(60)26-38(61)27-46(66)74-34(3)33(2)49(32)67/h7-8,10,12-20,32-44,47-51,54,56,59-64,67-69,73H,9,11,21-31H2,1-6H3,(H,71,72)/b8-7+,12-10+,15-13+,16-14+,19-17+,20-18+/t32-,33-,34-,35+,36+,37+,38+,39-,40?,41+,42+,43-,44-,47+,48-,49+,50+,51-,54+,55+/m0/s1. The highest BCUT2D eigenvalue weighted by atomic mass is 16.7. The molecule has 2 bridgehead atoms. The Morgan fingerprint density at radius 1 is 0.727 bits per heavy atom. The van der Waals surface area contributed by atoms with Crippen LogP contribution >= 0.6 is 0 Å². The molecule has 22 nitrogen and oxygen atoms in total. The number of carboxylic acid groups (broad SMARTS) is 1. The van der Waals surface area contributed by atoms with Gasteiger partial charge in [0.2, 0.25) is 11.8 Å². The van der Waals surface area contributed by atoms with Crippen molar-refractivity contribution < 1.29 is 94.3 Å². The monoisotopic (exact) mass is 1090 g/mol. The SMILES string of the molecule is C[C@@H]1[C@H](O)[C@@H](C)/C=C/C=C/CC/C=C/C=C/C=C/C=C/[C@H](O[C@H]2O[C@H](C)[C@@H](O)[C@H](NC3CC(=O)N(CCN(C)C)C3=O)[C@@H]2O)C[C@@H]2O[C@](O)(C[C@@H](O)[C@H](O)CC[C@@H](O)C[C@@H](O)C[C@@H](O)CC(=O)O[C@H]1C)C[C@H](O)[C@H]2C(=O)O. The van der Waals surface area contributed by atoms with Crippen molar-refractivity contribution in [2.75, 3.05) is 27.2 Å². The molecule has 0 aromatic heterocycles. The maximum Gasteiger partial charge on any atom is 0.311 e. The summed E-state index contributed by atoms with van der Waals surface area (Å²) in [5.41, 5.74) is 0. The summed E-state index contributed by atoms with van der Waals surface area (Å²) < 4.78 is 23.7. The van der Waals surface area contributed by atoms with Gasteiger partial charge < -0.3 is 80.0 Å². The van der Waals surface area contributed by atoms with Gasteiger partial charge in [-0.2, -0.15) is 0 Å². The van der Waals surface area contributed by atoms with Gasteiger partial charge in [-0.25, -0.2) is 0 Å². The van der Waals surface area contributed by atoms with Gasteiger partial charge in [-0.15, -0.1) is 0 Å². The van der Waals surface area contributed by atoms with Gasteiger partial charge in [0, 0.05) is 44.2 Å². The van der Waals surface area contributed by atoms with Crippen LogP contribution in [-0.2, 0) is 38.1 Å². The quantitative estimate of drug-likeness (QED) is 0.115. The van der Waals surface area contributed by atoms with Crippen LogP contribution in [0.5, 0.6) is 0 Å². The Balaban J connectivity index is 1.58. The number of imide groups is 1. The minimum atomic E-state index is -2.42. The number of nitrogens with one attached hydrogen (secondary N) is 1. The van der Waals surface area contributed by atoms with Crippen LogP contribution in [-0.4, -0.2) is 220 Å². The smallest absolute Gasteiger partial charge is 0.311 e. The molecule has 0 radical (unpaired) electrons. The highest BCUT2D eigenvalue weighted by molar-refractivity contribution is 6.05. The van der Waals surface area contributed by atoms with Crippen molar-refractivity contribution in [1.29, 1.82) is 0 Å². The van der Waals surface area contributed by atoms with E-state index < -0.39 is 165 Å². The zero-order chi connectivity index (χ0) is 57.1.